The second-order valence-electron chi connectivity index (χ2n) is 5.64. The van der Waals surface area contributed by atoms with Gasteiger partial charge in [-0.15, -0.1) is 0 Å². The van der Waals surface area contributed by atoms with E-state index in [1.807, 2.05) is 0 Å². The second-order valence-corrected chi connectivity index (χ2v) is 7.36. The van der Waals surface area contributed by atoms with Crippen LogP contribution in [0, 0.1) is 0 Å². The Morgan fingerprint density at radius 2 is 1.58 bits per heavy atom. The summed E-state index contributed by atoms with van der Waals surface area (Å²) in [4.78, 5) is 23.4. The lowest BCUT2D eigenvalue weighted by Crippen LogP contribution is -2.41. The molecule has 0 bridgehead atoms. The zero-order chi connectivity index (χ0) is 19.3. The Kier molecular flexibility index (Phi) is 6.12. The zero-order valence-electron chi connectivity index (χ0n) is 14.6. The highest BCUT2D eigenvalue weighted by molar-refractivity contribution is 7.89. The summed E-state index contributed by atoms with van der Waals surface area (Å²) in [5.41, 5.74) is 0.932. The van der Waals surface area contributed by atoms with Gasteiger partial charge < -0.3 is 10.1 Å². The van der Waals surface area contributed by atoms with Crippen molar-refractivity contribution in [1.82, 2.24) is 4.72 Å². The molecular weight excluding hydrogens is 356 g/mol. The average Bonchev–Trinajstić information content (AvgIpc) is 2.62. The number of carbonyl (C=O) groups is 2. The van der Waals surface area contributed by atoms with E-state index in [4.69, 9.17) is 4.74 Å². The molecule has 0 aliphatic rings. The summed E-state index contributed by atoms with van der Waals surface area (Å²) < 4.78 is 32.1. The average molecular weight is 376 g/mol. The number of benzene rings is 2. The van der Waals surface area contributed by atoms with Gasteiger partial charge in [-0.2, -0.15) is 4.72 Å². The predicted molar refractivity (Wildman–Crippen MR) is 97.9 cm³/mol. The van der Waals surface area contributed by atoms with Gasteiger partial charge in [0, 0.05) is 11.3 Å². The van der Waals surface area contributed by atoms with Crippen molar-refractivity contribution in [2.24, 2.45) is 0 Å². The van der Waals surface area contributed by atoms with Crippen molar-refractivity contribution in [2.45, 2.75) is 24.8 Å². The molecule has 2 N–H and O–H groups in total. The molecule has 2 aromatic carbocycles. The topological polar surface area (TPSA) is 102 Å². The van der Waals surface area contributed by atoms with Gasteiger partial charge in [0.15, 0.2) is 5.78 Å². The molecule has 0 fully saturated rings. The Balaban J connectivity index is 2.05. The minimum atomic E-state index is -3.89. The number of sulfonamides is 1. The first kappa shape index (κ1) is 19.6. The number of hydrogen-bond donors (Lipinski definition) is 2. The van der Waals surface area contributed by atoms with Gasteiger partial charge in [0.25, 0.3) is 0 Å². The molecule has 0 aliphatic heterocycles. The van der Waals surface area contributed by atoms with Crippen molar-refractivity contribution in [2.75, 3.05) is 12.4 Å². The first-order valence-corrected chi connectivity index (χ1v) is 9.29. The number of amides is 1. The summed E-state index contributed by atoms with van der Waals surface area (Å²) in [6.07, 6.45) is 0. The molecule has 0 heterocycles. The number of Topliss-reactive ketones (excluding diaryl/α,β-unsaturated/α-hetero) is 1. The van der Waals surface area contributed by atoms with Crippen molar-refractivity contribution >= 4 is 27.4 Å². The second kappa shape index (κ2) is 8.11. The molecule has 0 radical (unpaired) electrons. The minimum Gasteiger partial charge on any atom is -0.497 e. The number of ether oxygens (including phenoxy) is 1. The summed E-state index contributed by atoms with van der Waals surface area (Å²) in [7, 11) is -2.36. The van der Waals surface area contributed by atoms with Crippen LogP contribution >= 0.6 is 0 Å². The van der Waals surface area contributed by atoms with Gasteiger partial charge in [-0.25, -0.2) is 8.42 Å². The third kappa shape index (κ3) is 4.90. The highest BCUT2D eigenvalue weighted by atomic mass is 32.2. The Bertz CT molecular complexity index is 890. The molecule has 8 heteroatoms. The van der Waals surface area contributed by atoms with E-state index >= 15 is 0 Å². The van der Waals surface area contributed by atoms with Crippen LogP contribution in [0.4, 0.5) is 5.69 Å². The fourth-order valence-corrected chi connectivity index (χ4v) is 3.35. The van der Waals surface area contributed by atoms with Crippen LogP contribution in [0.25, 0.3) is 0 Å². The first-order valence-electron chi connectivity index (χ1n) is 7.81. The summed E-state index contributed by atoms with van der Waals surface area (Å²) in [6.45, 7) is 2.84. The molecule has 26 heavy (non-hydrogen) atoms. The molecule has 0 aliphatic carbocycles. The summed E-state index contributed by atoms with van der Waals surface area (Å²) in [5.74, 6) is -0.0148. The van der Waals surface area contributed by atoms with Crippen LogP contribution in [0.15, 0.2) is 53.4 Å². The van der Waals surface area contributed by atoms with E-state index < -0.39 is 22.0 Å². The van der Waals surface area contributed by atoms with E-state index in [0.717, 1.165) is 0 Å². The maximum atomic E-state index is 12.4. The smallest absolute Gasteiger partial charge is 0.242 e. The Hall–Kier alpha value is -2.71. The molecule has 0 spiro atoms. The van der Waals surface area contributed by atoms with Crippen LogP contribution < -0.4 is 14.8 Å². The lowest BCUT2D eigenvalue weighted by molar-refractivity contribution is -0.117. The van der Waals surface area contributed by atoms with Gasteiger partial charge in [0.05, 0.1) is 18.0 Å². The molecule has 2 aromatic rings. The number of carbonyl (C=O) groups excluding carboxylic acids is 2. The van der Waals surface area contributed by atoms with Crippen molar-refractivity contribution in [1.29, 1.82) is 0 Å². The number of ketones is 1. The molecular formula is C18H20N2O5S. The standard InChI is InChI=1S/C18H20N2O5S/c1-12(18(22)19-15-6-8-16(25-3)9-7-15)20-26(23,24)17-10-4-14(5-11-17)13(2)21/h4-12,20H,1-3H3,(H,19,22)/t12-/m0/s1. The third-order valence-electron chi connectivity index (χ3n) is 3.65. The molecule has 138 valence electrons. The van der Waals surface area contributed by atoms with Crippen molar-refractivity contribution in [3.8, 4) is 5.75 Å². The summed E-state index contributed by atoms with van der Waals surface area (Å²) in [6, 6.07) is 11.2. The number of anilines is 1. The Morgan fingerprint density at radius 3 is 2.08 bits per heavy atom. The summed E-state index contributed by atoms with van der Waals surface area (Å²) in [5, 5.41) is 2.62. The van der Waals surface area contributed by atoms with E-state index in [1.165, 1.54) is 45.2 Å². The van der Waals surface area contributed by atoms with E-state index in [9.17, 15) is 18.0 Å². The van der Waals surface area contributed by atoms with Crippen molar-refractivity contribution in [3.05, 3.63) is 54.1 Å². The molecule has 0 saturated heterocycles. The monoisotopic (exact) mass is 376 g/mol. The quantitative estimate of drug-likeness (QED) is 0.722. The van der Waals surface area contributed by atoms with Crippen LogP contribution in [0.1, 0.15) is 24.2 Å². The van der Waals surface area contributed by atoms with Crippen LogP contribution in [-0.2, 0) is 14.8 Å². The third-order valence-corrected chi connectivity index (χ3v) is 5.21. The van der Waals surface area contributed by atoms with Crippen molar-refractivity contribution in [3.63, 3.8) is 0 Å². The van der Waals surface area contributed by atoms with Gasteiger partial charge in [-0.1, -0.05) is 12.1 Å². The highest BCUT2D eigenvalue weighted by Gasteiger charge is 2.22. The van der Waals surface area contributed by atoms with E-state index in [-0.39, 0.29) is 10.7 Å². The fraction of sp³-hybridized carbons (Fsp3) is 0.222. The Morgan fingerprint density at radius 1 is 1.00 bits per heavy atom. The molecule has 1 amide bonds. The lowest BCUT2D eigenvalue weighted by Gasteiger charge is -2.15. The number of hydrogen-bond acceptors (Lipinski definition) is 5. The summed E-state index contributed by atoms with van der Waals surface area (Å²) >= 11 is 0. The van der Waals surface area contributed by atoms with Crippen molar-refractivity contribution < 1.29 is 22.7 Å². The number of nitrogens with one attached hydrogen (secondary N) is 2. The largest absolute Gasteiger partial charge is 0.497 e. The van der Waals surface area contributed by atoms with E-state index in [2.05, 4.69) is 10.0 Å². The van der Waals surface area contributed by atoms with Gasteiger partial charge in [0.2, 0.25) is 15.9 Å². The molecule has 1 atom stereocenters. The number of methoxy groups -OCH3 is 1. The lowest BCUT2D eigenvalue weighted by atomic mass is 10.2. The van der Waals surface area contributed by atoms with Gasteiger partial charge in [0.1, 0.15) is 5.75 Å². The van der Waals surface area contributed by atoms with Crippen LogP contribution in [-0.4, -0.2) is 33.3 Å². The van der Waals surface area contributed by atoms with E-state index in [0.29, 0.717) is 17.0 Å². The van der Waals surface area contributed by atoms with Crippen LogP contribution in [0.5, 0.6) is 5.75 Å². The first-order chi connectivity index (χ1) is 12.2. The molecule has 0 aromatic heterocycles. The van der Waals surface area contributed by atoms with Gasteiger partial charge in [-0.05, 0) is 50.2 Å². The predicted octanol–water partition coefficient (Wildman–Crippen LogP) is 2.20. The molecule has 2 rings (SSSR count). The number of rotatable bonds is 7. The van der Waals surface area contributed by atoms with Gasteiger partial charge >= 0.3 is 0 Å². The normalized spacial score (nSPS) is 12.3. The van der Waals surface area contributed by atoms with E-state index in [1.54, 1.807) is 24.3 Å². The zero-order valence-corrected chi connectivity index (χ0v) is 15.5. The molecule has 0 unspecified atom stereocenters. The Labute approximate surface area is 152 Å². The van der Waals surface area contributed by atoms with Crippen LogP contribution in [0.3, 0.4) is 0 Å². The van der Waals surface area contributed by atoms with Crippen LogP contribution in [0.2, 0.25) is 0 Å². The maximum absolute atomic E-state index is 12.4. The maximum Gasteiger partial charge on any atom is 0.242 e. The van der Waals surface area contributed by atoms with Gasteiger partial charge in [-0.3, -0.25) is 9.59 Å². The molecule has 7 nitrogen and oxygen atoms in total. The molecule has 0 saturated carbocycles. The SMILES string of the molecule is COc1ccc(NC(=O)[C@H](C)NS(=O)(=O)c2ccc(C(C)=O)cc2)cc1. The minimum absolute atomic E-state index is 0.0217. The highest BCUT2D eigenvalue weighted by Crippen LogP contribution is 2.16. The fourth-order valence-electron chi connectivity index (χ4n) is 2.15.